The van der Waals surface area contributed by atoms with Crippen molar-refractivity contribution in [3.05, 3.63) is 0 Å². The Balaban J connectivity index is 1.82. The van der Waals surface area contributed by atoms with Crippen molar-refractivity contribution < 1.29 is 14.3 Å². The van der Waals surface area contributed by atoms with Gasteiger partial charge in [0.1, 0.15) is 6.10 Å². The lowest BCUT2D eigenvalue weighted by Crippen LogP contribution is -2.54. The number of amides is 3. The molecule has 0 aromatic carbocycles. The van der Waals surface area contributed by atoms with Crippen molar-refractivity contribution in [1.29, 1.82) is 0 Å². The van der Waals surface area contributed by atoms with Crippen molar-refractivity contribution in [2.75, 3.05) is 39.8 Å². The van der Waals surface area contributed by atoms with Crippen LogP contribution in [-0.4, -0.2) is 67.7 Å². The number of carbonyl (C=O) groups excluding carboxylic acids is 2. The van der Waals surface area contributed by atoms with E-state index in [1.54, 1.807) is 16.8 Å². The van der Waals surface area contributed by atoms with Gasteiger partial charge in [0.2, 0.25) is 0 Å². The third kappa shape index (κ3) is 2.69. The minimum atomic E-state index is -0.249. The van der Waals surface area contributed by atoms with Crippen molar-refractivity contribution in [2.24, 2.45) is 0 Å². The van der Waals surface area contributed by atoms with Crippen LogP contribution in [0.1, 0.15) is 12.8 Å². The van der Waals surface area contributed by atoms with Gasteiger partial charge in [-0.25, -0.2) is 4.79 Å². The van der Waals surface area contributed by atoms with E-state index >= 15 is 0 Å². The summed E-state index contributed by atoms with van der Waals surface area (Å²) >= 11 is 0. The van der Waals surface area contributed by atoms with Gasteiger partial charge in [0.25, 0.3) is 5.91 Å². The van der Waals surface area contributed by atoms with E-state index in [1.165, 1.54) is 0 Å². The van der Waals surface area contributed by atoms with Gasteiger partial charge in [0.05, 0.1) is 0 Å². The first-order valence-corrected chi connectivity index (χ1v) is 6.09. The SMILES string of the molecule is CNC(=O)N1CCN(C(=O)[C@@H]2CCCO2)CC1. The summed E-state index contributed by atoms with van der Waals surface area (Å²) in [5.41, 5.74) is 0. The van der Waals surface area contributed by atoms with E-state index in [9.17, 15) is 9.59 Å². The molecule has 2 rings (SSSR count). The highest BCUT2D eigenvalue weighted by Gasteiger charge is 2.30. The first-order valence-electron chi connectivity index (χ1n) is 6.09. The zero-order chi connectivity index (χ0) is 12.3. The van der Waals surface area contributed by atoms with Gasteiger partial charge >= 0.3 is 6.03 Å². The lowest BCUT2D eigenvalue weighted by atomic mass is 10.2. The fraction of sp³-hybridized carbons (Fsp3) is 0.818. The lowest BCUT2D eigenvalue weighted by molar-refractivity contribution is -0.142. The first-order chi connectivity index (χ1) is 8.22. The Morgan fingerprint density at radius 1 is 1.18 bits per heavy atom. The van der Waals surface area contributed by atoms with Crippen LogP contribution >= 0.6 is 0 Å². The molecular weight excluding hydrogens is 222 g/mol. The number of rotatable bonds is 1. The van der Waals surface area contributed by atoms with Crippen LogP contribution in [0.2, 0.25) is 0 Å². The number of ether oxygens (including phenoxy) is 1. The van der Waals surface area contributed by atoms with Crippen LogP contribution in [0.25, 0.3) is 0 Å². The quantitative estimate of drug-likeness (QED) is 0.682. The molecule has 3 amide bonds. The maximum Gasteiger partial charge on any atom is 0.317 e. The first kappa shape index (κ1) is 12.2. The molecule has 2 saturated heterocycles. The van der Waals surface area contributed by atoms with E-state index in [2.05, 4.69) is 5.32 Å². The van der Waals surface area contributed by atoms with E-state index in [-0.39, 0.29) is 18.0 Å². The predicted octanol–water partition coefficient (Wildman–Crippen LogP) is -0.351. The van der Waals surface area contributed by atoms with Crippen molar-refractivity contribution in [1.82, 2.24) is 15.1 Å². The molecule has 6 heteroatoms. The maximum atomic E-state index is 12.0. The summed E-state index contributed by atoms with van der Waals surface area (Å²) in [4.78, 5) is 26.9. The van der Waals surface area contributed by atoms with Crippen molar-refractivity contribution in [3.63, 3.8) is 0 Å². The van der Waals surface area contributed by atoms with Gasteiger partial charge in [-0.05, 0) is 12.8 Å². The van der Waals surface area contributed by atoms with Crippen LogP contribution in [-0.2, 0) is 9.53 Å². The summed E-state index contributed by atoms with van der Waals surface area (Å²) in [5.74, 6) is 0.0825. The number of nitrogens with one attached hydrogen (secondary N) is 1. The zero-order valence-corrected chi connectivity index (χ0v) is 10.1. The molecule has 6 nitrogen and oxygen atoms in total. The molecule has 0 bridgehead atoms. The van der Waals surface area contributed by atoms with E-state index in [0.29, 0.717) is 32.8 Å². The van der Waals surface area contributed by atoms with Crippen LogP contribution in [0.5, 0.6) is 0 Å². The van der Waals surface area contributed by atoms with Gasteiger partial charge in [-0.2, -0.15) is 0 Å². The normalized spacial score (nSPS) is 24.9. The minimum absolute atomic E-state index is 0.0748. The molecule has 0 radical (unpaired) electrons. The van der Waals surface area contributed by atoms with Crippen LogP contribution in [0, 0.1) is 0 Å². The molecule has 0 aromatic heterocycles. The van der Waals surface area contributed by atoms with E-state index in [0.717, 1.165) is 12.8 Å². The van der Waals surface area contributed by atoms with E-state index in [4.69, 9.17) is 4.74 Å². The summed E-state index contributed by atoms with van der Waals surface area (Å²) in [7, 11) is 1.62. The van der Waals surface area contributed by atoms with Crippen molar-refractivity contribution in [2.45, 2.75) is 18.9 Å². The van der Waals surface area contributed by atoms with Crippen molar-refractivity contribution in [3.8, 4) is 0 Å². The van der Waals surface area contributed by atoms with Gasteiger partial charge in [-0.15, -0.1) is 0 Å². The average Bonchev–Trinajstić information content (AvgIpc) is 2.91. The molecule has 0 spiro atoms. The lowest BCUT2D eigenvalue weighted by Gasteiger charge is -2.35. The molecule has 1 atom stereocenters. The van der Waals surface area contributed by atoms with Crippen LogP contribution in [0.4, 0.5) is 4.79 Å². The second-order valence-corrected chi connectivity index (χ2v) is 4.37. The monoisotopic (exact) mass is 241 g/mol. The third-order valence-electron chi connectivity index (χ3n) is 3.30. The number of piperazine rings is 1. The Bertz CT molecular complexity index is 294. The standard InChI is InChI=1S/C11H19N3O3/c1-12-11(16)14-6-4-13(5-7-14)10(15)9-3-2-8-17-9/h9H,2-8H2,1H3,(H,12,16)/t9-/m0/s1. The Hall–Kier alpha value is -1.30. The summed E-state index contributed by atoms with van der Waals surface area (Å²) in [5, 5.41) is 2.59. The molecule has 2 heterocycles. The molecule has 2 aliphatic rings. The van der Waals surface area contributed by atoms with Crippen LogP contribution in [0.15, 0.2) is 0 Å². The molecule has 2 aliphatic heterocycles. The summed E-state index contributed by atoms with van der Waals surface area (Å²) in [6.45, 7) is 3.09. The molecule has 2 fully saturated rings. The van der Waals surface area contributed by atoms with Crippen LogP contribution in [0.3, 0.4) is 0 Å². The van der Waals surface area contributed by atoms with Crippen molar-refractivity contribution >= 4 is 11.9 Å². The highest BCUT2D eigenvalue weighted by Crippen LogP contribution is 2.15. The third-order valence-corrected chi connectivity index (χ3v) is 3.30. The van der Waals surface area contributed by atoms with Gasteiger partial charge in [0, 0.05) is 39.8 Å². The van der Waals surface area contributed by atoms with Crippen LogP contribution < -0.4 is 5.32 Å². The molecular formula is C11H19N3O3. The summed E-state index contributed by atoms with van der Waals surface area (Å²) in [6.07, 6.45) is 1.55. The molecule has 96 valence electrons. The molecule has 0 aliphatic carbocycles. The van der Waals surface area contributed by atoms with E-state index in [1.807, 2.05) is 0 Å². The predicted molar refractivity (Wildman–Crippen MR) is 61.6 cm³/mol. The largest absolute Gasteiger partial charge is 0.368 e. The molecule has 0 aromatic rings. The van der Waals surface area contributed by atoms with Gasteiger partial charge in [-0.1, -0.05) is 0 Å². The topological polar surface area (TPSA) is 61.9 Å². The maximum absolute atomic E-state index is 12.0. The fourth-order valence-electron chi connectivity index (χ4n) is 2.26. The number of urea groups is 1. The Morgan fingerprint density at radius 2 is 1.82 bits per heavy atom. The highest BCUT2D eigenvalue weighted by molar-refractivity contribution is 5.81. The Morgan fingerprint density at radius 3 is 2.35 bits per heavy atom. The van der Waals surface area contributed by atoms with E-state index < -0.39 is 0 Å². The number of hydrogen-bond acceptors (Lipinski definition) is 3. The number of carbonyl (C=O) groups is 2. The average molecular weight is 241 g/mol. The smallest absolute Gasteiger partial charge is 0.317 e. The Labute approximate surface area is 101 Å². The van der Waals surface area contributed by atoms with Gasteiger partial charge in [0.15, 0.2) is 0 Å². The number of hydrogen-bond donors (Lipinski definition) is 1. The second-order valence-electron chi connectivity index (χ2n) is 4.37. The van der Waals surface area contributed by atoms with Gasteiger partial charge in [-0.3, -0.25) is 4.79 Å². The highest BCUT2D eigenvalue weighted by atomic mass is 16.5. The summed E-state index contributed by atoms with van der Waals surface area (Å²) < 4.78 is 5.38. The Kier molecular flexibility index (Phi) is 3.83. The molecule has 1 N–H and O–H groups in total. The number of nitrogens with zero attached hydrogens (tertiary/aromatic N) is 2. The molecule has 0 saturated carbocycles. The molecule has 0 unspecified atom stereocenters. The zero-order valence-electron chi connectivity index (χ0n) is 10.1. The summed E-state index contributed by atoms with van der Waals surface area (Å²) in [6, 6.07) is -0.0748. The fourth-order valence-corrected chi connectivity index (χ4v) is 2.26. The molecule has 17 heavy (non-hydrogen) atoms. The van der Waals surface area contributed by atoms with Gasteiger partial charge < -0.3 is 19.9 Å². The second kappa shape index (κ2) is 5.35. The minimum Gasteiger partial charge on any atom is -0.368 e.